The van der Waals surface area contributed by atoms with E-state index in [-0.39, 0.29) is 11.9 Å². The van der Waals surface area contributed by atoms with Gasteiger partial charge in [-0.25, -0.2) is 4.39 Å². The molecule has 1 aromatic rings. The fourth-order valence-corrected chi connectivity index (χ4v) is 2.51. The number of hydrogen-bond donors (Lipinski definition) is 1. The van der Waals surface area contributed by atoms with Crippen molar-refractivity contribution < 1.29 is 4.39 Å². The van der Waals surface area contributed by atoms with Crippen LogP contribution in [0.15, 0.2) is 12.1 Å². The third-order valence-electron chi connectivity index (χ3n) is 3.81. The Hall–Kier alpha value is -1.09. The number of hydrogen-bond acceptors (Lipinski definition) is 2. The van der Waals surface area contributed by atoms with Crippen LogP contribution in [0.25, 0.3) is 0 Å². The van der Waals surface area contributed by atoms with Crippen molar-refractivity contribution in [1.82, 2.24) is 0 Å². The summed E-state index contributed by atoms with van der Waals surface area (Å²) in [6.45, 7) is 8.03. The van der Waals surface area contributed by atoms with Crippen LogP contribution in [0.5, 0.6) is 0 Å². The molecule has 1 saturated carbocycles. The van der Waals surface area contributed by atoms with Crippen LogP contribution < -0.4 is 10.6 Å². The molecular weight excluding hydrogens is 239 g/mol. The fourth-order valence-electron chi connectivity index (χ4n) is 2.51. The molecule has 0 radical (unpaired) electrons. The van der Waals surface area contributed by atoms with Gasteiger partial charge in [-0.3, -0.25) is 0 Å². The number of nitrogens with zero attached hydrogens (tertiary/aromatic N) is 1. The summed E-state index contributed by atoms with van der Waals surface area (Å²) in [6.07, 6.45) is 3.75. The number of aryl methyl sites for hydroxylation is 1. The molecule has 0 saturated heterocycles. The van der Waals surface area contributed by atoms with Crippen molar-refractivity contribution in [2.24, 2.45) is 11.7 Å². The van der Waals surface area contributed by atoms with Crippen LogP contribution in [0, 0.1) is 18.7 Å². The zero-order chi connectivity index (χ0) is 14.0. The zero-order valence-electron chi connectivity index (χ0n) is 12.2. The van der Waals surface area contributed by atoms with E-state index >= 15 is 0 Å². The van der Waals surface area contributed by atoms with E-state index in [0.717, 1.165) is 36.7 Å². The van der Waals surface area contributed by atoms with E-state index < -0.39 is 0 Å². The lowest BCUT2D eigenvalue weighted by molar-refractivity contribution is 0.610. The average molecular weight is 264 g/mol. The first-order valence-corrected chi connectivity index (χ1v) is 7.33. The van der Waals surface area contributed by atoms with E-state index in [1.165, 1.54) is 12.8 Å². The van der Waals surface area contributed by atoms with Crippen LogP contribution in [0.2, 0.25) is 0 Å². The topological polar surface area (TPSA) is 29.3 Å². The van der Waals surface area contributed by atoms with Gasteiger partial charge < -0.3 is 10.6 Å². The molecule has 2 nitrogen and oxygen atoms in total. The molecule has 0 spiro atoms. The van der Waals surface area contributed by atoms with E-state index in [9.17, 15) is 4.39 Å². The van der Waals surface area contributed by atoms with E-state index in [1.54, 1.807) is 6.07 Å². The van der Waals surface area contributed by atoms with Crippen LogP contribution >= 0.6 is 0 Å². The summed E-state index contributed by atoms with van der Waals surface area (Å²) < 4.78 is 13.8. The van der Waals surface area contributed by atoms with Gasteiger partial charge in [0.25, 0.3) is 0 Å². The van der Waals surface area contributed by atoms with Crippen molar-refractivity contribution in [2.75, 3.05) is 18.0 Å². The average Bonchev–Trinajstić information content (AvgIpc) is 3.15. The molecule has 0 aliphatic heterocycles. The summed E-state index contributed by atoms with van der Waals surface area (Å²) in [5, 5.41) is 0. The highest BCUT2D eigenvalue weighted by Crippen LogP contribution is 2.34. The standard InChI is InChI=1S/C16H25FN2/c1-4-7-19(10-13-5-6-13)16-8-11(2)15(17)9-14(16)12(3)18/h8-9,12-13H,4-7,10,18H2,1-3H3. The first kappa shape index (κ1) is 14.3. The second-order valence-electron chi connectivity index (χ2n) is 5.84. The molecule has 0 bridgehead atoms. The zero-order valence-corrected chi connectivity index (χ0v) is 12.2. The maximum Gasteiger partial charge on any atom is 0.126 e. The summed E-state index contributed by atoms with van der Waals surface area (Å²) in [6, 6.07) is 3.44. The van der Waals surface area contributed by atoms with Gasteiger partial charge in [-0.1, -0.05) is 6.92 Å². The highest BCUT2D eigenvalue weighted by Gasteiger charge is 2.26. The van der Waals surface area contributed by atoms with Crippen molar-refractivity contribution >= 4 is 5.69 Å². The lowest BCUT2D eigenvalue weighted by Gasteiger charge is -2.28. The highest BCUT2D eigenvalue weighted by molar-refractivity contribution is 5.57. The minimum Gasteiger partial charge on any atom is -0.371 e. The van der Waals surface area contributed by atoms with Gasteiger partial charge in [0, 0.05) is 24.8 Å². The molecule has 3 heteroatoms. The van der Waals surface area contributed by atoms with Crippen LogP contribution in [-0.4, -0.2) is 13.1 Å². The van der Waals surface area contributed by atoms with E-state index in [2.05, 4.69) is 11.8 Å². The number of nitrogens with two attached hydrogens (primary N) is 1. The number of rotatable bonds is 6. The quantitative estimate of drug-likeness (QED) is 0.847. The van der Waals surface area contributed by atoms with Crippen LogP contribution in [0.3, 0.4) is 0 Å². The molecule has 1 atom stereocenters. The van der Waals surface area contributed by atoms with Gasteiger partial charge in [-0.2, -0.15) is 0 Å². The predicted molar refractivity (Wildman–Crippen MR) is 79.0 cm³/mol. The Kier molecular flexibility index (Phi) is 4.46. The fraction of sp³-hybridized carbons (Fsp3) is 0.625. The first-order valence-electron chi connectivity index (χ1n) is 7.33. The summed E-state index contributed by atoms with van der Waals surface area (Å²) in [5.41, 5.74) is 8.78. The Morgan fingerprint density at radius 3 is 2.63 bits per heavy atom. The van der Waals surface area contributed by atoms with Gasteiger partial charge in [-0.05, 0) is 62.3 Å². The van der Waals surface area contributed by atoms with Crippen molar-refractivity contribution in [2.45, 2.75) is 46.1 Å². The lowest BCUT2D eigenvalue weighted by atomic mass is 10.0. The van der Waals surface area contributed by atoms with E-state index in [1.807, 2.05) is 19.9 Å². The van der Waals surface area contributed by atoms with Crippen molar-refractivity contribution in [1.29, 1.82) is 0 Å². The lowest BCUT2D eigenvalue weighted by Crippen LogP contribution is -2.28. The normalized spacial score (nSPS) is 16.5. The molecule has 1 unspecified atom stereocenters. The first-order chi connectivity index (χ1) is 9.02. The minimum atomic E-state index is -0.154. The van der Waals surface area contributed by atoms with E-state index in [4.69, 9.17) is 5.73 Å². The van der Waals surface area contributed by atoms with Gasteiger partial charge in [0.15, 0.2) is 0 Å². The maximum atomic E-state index is 13.8. The summed E-state index contributed by atoms with van der Waals surface area (Å²) >= 11 is 0. The van der Waals surface area contributed by atoms with Gasteiger partial charge in [0.05, 0.1) is 0 Å². The third kappa shape index (κ3) is 3.47. The molecule has 0 heterocycles. The number of anilines is 1. The van der Waals surface area contributed by atoms with Gasteiger partial charge in [-0.15, -0.1) is 0 Å². The molecule has 2 N–H and O–H groups in total. The van der Waals surface area contributed by atoms with Crippen LogP contribution in [-0.2, 0) is 0 Å². The summed E-state index contributed by atoms with van der Waals surface area (Å²) in [4.78, 5) is 2.39. The van der Waals surface area contributed by atoms with Gasteiger partial charge in [0.2, 0.25) is 0 Å². The molecular formula is C16H25FN2. The Labute approximate surface area is 115 Å². The second-order valence-corrected chi connectivity index (χ2v) is 5.84. The molecule has 1 aliphatic carbocycles. The molecule has 2 rings (SSSR count). The smallest absolute Gasteiger partial charge is 0.126 e. The summed E-state index contributed by atoms with van der Waals surface area (Å²) in [7, 11) is 0. The van der Waals surface area contributed by atoms with Crippen molar-refractivity contribution in [3.05, 3.63) is 29.1 Å². The van der Waals surface area contributed by atoms with Gasteiger partial charge in [0.1, 0.15) is 5.82 Å². The molecule has 106 valence electrons. The van der Waals surface area contributed by atoms with Crippen molar-refractivity contribution in [3.63, 3.8) is 0 Å². The third-order valence-corrected chi connectivity index (χ3v) is 3.81. The van der Waals surface area contributed by atoms with E-state index in [0.29, 0.717) is 5.56 Å². The van der Waals surface area contributed by atoms with Gasteiger partial charge >= 0.3 is 0 Å². The number of halogens is 1. The Bertz CT molecular complexity index is 439. The highest BCUT2D eigenvalue weighted by atomic mass is 19.1. The summed E-state index contributed by atoms with van der Waals surface area (Å²) in [5.74, 6) is 0.664. The SMILES string of the molecule is CCCN(CC1CC1)c1cc(C)c(F)cc1C(C)N. The molecule has 1 aromatic carbocycles. The van der Waals surface area contributed by atoms with Crippen molar-refractivity contribution in [3.8, 4) is 0 Å². The molecule has 1 aliphatic rings. The Morgan fingerprint density at radius 2 is 2.11 bits per heavy atom. The minimum absolute atomic E-state index is 0.136. The molecule has 1 fully saturated rings. The van der Waals surface area contributed by atoms with Crippen LogP contribution in [0.4, 0.5) is 10.1 Å². The Morgan fingerprint density at radius 1 is 1.42 bits per heavy atom. The maximum absolute atomic E-state index is 13.8. The second kappa shape index (κ2) is 5.91. The molecule has 0 amide bonds. The number of benzene rings is 1. The molecule has 0 aromatic heterocycles. The Balaban J connectivity index is 2.34. The van der Waals surface area contributed by atoms with Crippen LogP contribution in [0.1, 0.15) is 50.3 Å². The predicted octanol–water partition coefficient (Wildman–Crippen LogP) is 3.78. The largest absolute Gasteiger partial charge is 0.371 e. The molecule has 19 heavy (non-hydrogen) atoms. The monoisotopic (exact) mass is 264 g/mol.